The molecule has 0 atom stereocenters. The summed E-state index contributed by atoms with van der Waals surface area (Å²) in [6.45, 7) is 3.47. The second kappa shape index (κ2) is 3.96. The van der Waals surface area contributed by atoms with Gasteiger partial charge in [-0.25, -0.2) is 0 Å². The van der Waals surface area contributed by atoms with Gasteiger partial charge in [-0.05, 0) is 23.0 Å². The summed E-state index contributed by atoms with van der Waals surface area (Å²) in [5, 5.41) is 4.60. The standard InChI is InChI=1S/C13H11NO/c1-2-14-13(15)12-9-5-7-10-6-3-4-8-11(10)12/h2-9H,1H2,(H,14,15). The zero-order chi connectivity index (χ0) is 10.7. The van der Waals surface area contributed by atoms with E-state index in [1.165, 1.54) is 6.20 Å². The third-order valence-electron chi connectivity index (χ3n) is 2.27. The first-order valence-corrected chi connectivity index (χ1v) is 4.72. The van der Waals surface area contributed by atoms with E-state index in [0.717, 1.165) is 10.8 Å². The number of nitrogens with one attached hydrogen (secondary N) is 1. The fourth-order valence-corrected chi connectivity index (χ4v) is 1.59. The van der Waals surface area contributed by atoms with Crippen LogP contribution in [-0.4, -0.2) is 5.91 Å². The van der Waals surface area contributed by atoms with E-state index < -0.39 is 0 Å². The molecule has 0 aliphatic carbocycles. The molecule has 0 radical (unpaired) electrons. The largest absolute Gasteiger partial charge is 0.329 e. The molecule has 15 heavy (non-hydrogen) atoms. The van der Waals surface area contributed by atoms with Crippen molar-refractivity contribution in [1.29, 1.82) is 0 Å². The number of benzene rings is 2. The zero-order valence-corrected chi connectivity index (χ0v) is 8.23. The van der Waals surface area contributed by atoms with E-state index >= 15 is 0 Å². The van der Waals surface area contributed by atoms with Crippen LogP contribution in [0.1, 0.15) is 10.4 Å². The molecule has 0 spiro atoms. The fraction of sp³-hybridized carbons (Fsp3) is 0. The predicted octanol–water partition coefficient (Wildman–Crippen LogP) is 2.71. The Bertz CT molecular complexity index is 511. The van der Waals surface area contributed by atoms with Crippen LogP contribution in [0.3, 0.4) is 0 Å². The van der Waals surface area contributed by atoms with Crippen LogP contribution in [0.25, 0.3) is 10.8 Å². The highest BCUT2D eigenvalue weighted by atomic mass is 16.1. The van der Waals surface area contributed by atoms with E-state index in [1.54, 1.807) is 6.07 Å². The Hall–Kier alpha value is -2.09. The summed E-state index contributed by atoms with van der Waals surface area (Å²) in [4.78, 5) is 11.7. The summed E-state index contributed by atoms with van der Waals surface area (Å²) in [7, 11) is 0. The summed E-state index contributed by atoms with van der Waals surface area (Å²) in [6.07, 6.45) is 1.39. The minimum absolute atomic E-state index is 0.123. The lowest BCUT2D eigenvalue weighted by molar-refractivity contribution is 0.0972. The van der Waals surface area contributed by atoms with Crippen LogP contribution in [0, 0.1) is 0 Å². The lowest BCUT2D eigenvalue weighted by Crippen LogP contribution is -2.16. The van der Waals surface area contributed by atoms with Gasteiger partial charge in [-0.3, -0.25) is 4.79 Å². The number of fused-ring (bicyclic) bond motifs is 1. The molecule has 2 nitrogen and oxygen atoms in total. The molecule has 0 aliphatic rings. The Kier molecular flexibility index (Phi) is 2.50. The van der Waals surface area contributed by atoms with Crippen molar-refractivity contribution >= 4 is 16.7 Å². The highest BCUT2D eigenvalue weighted by Gasteiger charge is 2.06. The molecule has 0 saturated carbocycles. The van der Waals surface area contributed by atoms with Gasteiger partial charge in [0.05, 0.1) is 0 Å². The van der Waals surface area contributed by atoms with Crippen LogP contribution in [-0.2, 0) is 0 Å². The van der Waals surface area contributed by atoms with Crippen LogP contribution < -0.4 is 5.32 Å². The van der Waals surface area contributed by atoms with Crippen molar-refractivity contribution < 1.29 is 4.79 Å². The highest BCUT2D eigenvalue weighted by molar-refractivity contribution is 6.07. The quantitative estimate of drug-likeness (QED) is 0.788. The van der Waals surface area contributed by atoms with Crippen molar-refractivity contribution in [2.45, 2.75) is 0 Å². The van der Waals surface area contributed by atoms with Crippen molar-refractivity contribution in [3.8, 4) is 0 Å². The van der Waals surface area contributed by atoms with Crippen LogP contribution in [0.15, 0.2) is 55.2 Å². The molecule has 0 heterocycles. The van der Waals surface area contributed by atoms with Crippen molar-refractivity contribution in [1.82, 2.24) is 5.32 Å². The van der Waals surface area contributed by atoms with E-state index in [4.69, 9.17) is 0 Å². The summed E-state index contributed by atoms with van der Waals surface area (Å²) in [6, 6.07) is 13.5. The third kappa shape index (κ3) is 1.74. The second-order valence-electron chi connectivity index (χ2n) is 3.20. The van der Waals surface area contributed by atoms with Crippen molar-refractivity contribution in [3.63, 3.8) is 0 Å². The summed E-state index contributed by atoms with van der Waals surface area (Å²) in [5.41, 5.74) is 0.674. The number of carbonyl (C=O) groups is 1. The molecule has 2 aromatic rings. The second-order valence-corrected chi connectivity index (χ2v) is 3.20. The number of carbonyl (C=O) groups excluding carboxylic acids is 1. The SMILES string of the molecule is C=CNC(=O)c1cccc2ccccc12. The van der Waals surface area contributed by atoms with Crippen LogP contribution in [0.5, 0.6) is 0 Å². The average Bonchev–Trinajstić information content (AvgIpc) is 2.28. The molecule has 0 unspecified atom stereocenters. The minimum Gasteiger partial charge on any atom is -0.329 e. The number of hydrogen-bond donors (Lipinski definition) is 1. The van der Waals surface area contributed by atoms with Gasteiger partial charge in [0.1, 0.15) is 0 Å². The molecular formula is C13H11NO. The molecule has 0 aliphatic heterocycles. The van der Waals surface area contributed by atoms with Gasteiger partial charge in [-0.1, -0.05) is 43.0 Å². The lowest BCUT2D eigenvalue weighted by Gasteiger charge is -2.04. The maximum absolute atomic E-state index is 11.7. The first-order chi connectivity index (χ1) is 7.33. The summed E-state index contributed by atoms with van der Waals surface area (Å²) in [5.74, 6) is -0.123. The molecule has 74 valence electrons. The predicted molar refractivity (Wildman–Crippen MR) is 61.6 cm³/mol. The molecule has 1 N–H and O–H groups in total. The Morgan fingerprint density at radius 1 is 1.13 bits per heavy atom. The van der Waals surface area contributed by atoms with Crippen molar-refractivity contribution in [2.75, 3.05) is 0 Å². The maximum atomic E-state index is 11.7. The molecule has 0 aromatic heterocycles. The Morgan fingerprint density at radius 3 is 2.67 bits per heavy atom. The summed E-state index contributed by atoms with van der Waals surface area (Å²) >= 11 is 0. The van der Waals surface area contributed by atoms with Crippen LogP contribution >= 0.6 is 0 Å². The molecular weight excluding hydrogens is 186 g/mol. The van der Waals surface area contributed by atoms with Gasteiger partial charge in [-0.15, -0.1) is 0 Å². The summed E-state index contributed by atoms with van der Waals surface area (Å²) < 4.78 is 0. The minimum atomic E-state index is -0.123. The molecule has 2 rings (SSSR count). The van der Waals surface area contributed by atoms with E-state index in [0.29, 0.717) is 5.56 Å². The van der Waals surface area contributed by atoms with Gasteiger partial charge in [0, 0.05) is 5.56 Å². The molecule has 2 heteroatoms. The molecule has 2 aromatic carbocycles. The normalized spacial score (nSPS) is 9.87. The van der Waals surface area contributed by atoms with Crippen LogP contribution in [0.4, 0.5) is 0 Å². The van der Waals surface area contributed by atoms with Gasteiger partial charge in [0.25, 0.3) is 5.91 Å². The Balaban J connectivity index is 2.60. The number of rotatable bonds is 2. The van der Waals surface area contributed by atoms with E-state index in [2.05, 4.69) is 11.9 Å². The van der Waals surface area contributed by atoms with Crippen molar-refractivity contribution in [2.24, 2.45) is 0 Å². The smallest absolute Gasteiger partial charge is 0.255 e. The van der Waals surface area contributed by atoms with E-state index in [1.807, 2.05) is 36.4 Å². The van der Waals surface area contributed by atoms with E-state index in [9.17, 15) is 4.79 Å². The maximum Gasteiger partial charge on any atom is 0.255 e. The molecule has 0 fully saturated rings. The average molecular weight is 197 g/mol. The number of amides is 1. The Labute approximate surface area is 88.2 Å². The monoisotopic (exact) mass is 197 g/mol. The molecule has 0 saturated heterocycles. The van der Waals surface area contributed by atoms with E-state index in [-0.39, 0.29) is 5.91 Å². The number of hydrogen-bond acceptors (Lipinski definition) is 1. The Morgan fingerprint density at radius 2 is 1.87 bits per heavy atom. The van der Waals surface area contributed by atoms with Gasteiger partial charge < -0.3 is 5.32 Å². The van der Waals surface area contributed by atoms with Gasteiger partial charge >= 0.3 is 0 Å². The highest BCUT2D eigenvalue weighted by Crippen LogP contribution is 2.18. The van der Waals surface area contributed by atoms with Gasteiger partial charge in [0.2, 0.25) is 0 Å². The zero-order valence-electron chi connectivity index (χ0n) is 8.23. The van der Waals surface area contributed by atoms with Crippen molar-refractivity contribution in [3.05, 3.63) is 60.8 Å². The molecule has 0 bridgehead atoms. The van der Waals surface area contributed by atoms with Gasteiger partial charge in [-0.2, -0.15) is 0 Å². The first-order valence-electron chi connectivity index (χ1n) is 4.72. The molecule has 1 amide bonds. The fourth-order valence-electron chi connectivity index (χ4n) is 1.59. The lowest BCUT2D eigenvalue weighted by atomic mass is 10.0. The topological polar surface area (TPSA) is 29.1 Å². The van der Waals surface area contributed by atoms with Gasteiger partial charge in [0.15, 0.2) is 0 Å². The first kappa shape index (κ1) is 9.46. The van der Waals surface area contributed by atoms with Crippen LogP contribution in [0.2, 0.25) is 0 Å². The third-order valence-corrected chi connectivity index (χ3v) is 2.27.